The second-order valence-corrected chi connectivity index (χ2v) is 10.1. The molecule has 1 aliphatic carbocycles. The number of rotatable bonds is 11. The Hall–Kier alpha value is -1.49. The molecule has 1 N–H and O–H groups in total. The number of H-pyrrole nitrogens is 1. The van der Waals surface area contributed by atoms with E-state index in [4.69, 9.17) is 11.6 Å². The Morgan fingerprint density at radius 1 is 1.16 bits per heavy atom. The molecular formula is C27H37ClN2OS. The molecular weight excluding hydrogens is 436 g/mol. The van der Waals surface area contributed by atoms with Crippen LogP contribution in [0.2, 0.25) is 5.02 Å². The lowest BCUT2D eigenvalue weighted by Crippen LogP contribution is -2.24. The fourth-order valence-corrected chi connectivity index (χ4v) is 5.63. The van der Waals surface area contributed by atoms with Crippen LogP contribution < -0.4 is 5.56 Å². The van der Waals surface area contributed by atoms with E-state index < -0.39 is 0 Å². The van der Waals surface area contributed by atoms with Crippen molar-refractivity contribution < 1.29 is 0 Å². The zero-order valence-corrected chi connectivity index (χ0v) is 21.3. The lowest BCUT2D eigenvalue weighted by Gasteiger charge is -2.17. The molecule has 3 rings (SSSR count). The topological polar surface area (TPSA) is 36.1 Å². The summed E-state index contributed by atoms with van der Waals surface area (Å²) in [4.78, 5) is 19.2. The van der Waals surface area contributed by atoms with Gasteiger partial charge in [-0.3, -0.25) is 4.79 Å². The number of nitrogens with zero attached hydrogens (tertiary/aromatic N) is 1. The van der Waals surface area contributed by atoms with Gasteiger partial charge >= 0.3 is 0 Å². The van der Waals surface area contributed by atoms with Crippen molar-refractivity contribution in [2.24, 2.45) is 5.92 Å². The summed E-state index contributed by atoms with van der Waals surface area (Å²) in [7, 11) is 0. The molecule has 1 saturated carbocycles. The van der Waals surface area contributed by atoms with Crippen LogP contribution in [0.3, 0.4) is 0 Å². The van der Waals surface area contributed by atoms with Gasteiger partial charge in [0.15, 0.2) is 0 Å². The molecule has 0 bridgehead atoms. The van der Waals surface area contributed by atoms with Crippen LogP contribution in [0.15, 0.2) is 46.1 Å². The van der Waals surface area contributed by atoms with Crippen LogP contribution in [0.1, 0.15) is 69.7 Å². The first-order valence-corrected chi connectivity index (χ1v) is 13.5. The Morgan fingerprint density at radius 3 is 2.53 bits per heavy atom. The number of thioether (sulfide) groups is 1. The van der Waals surface area contributed by atoms with Gasteiger partial charge in [-0.1, -0.05) is 63.4 Å². The fourth-order valence-electron chi connectivity index (χ4n) is 4.44. The number of aromatic nitrogens is 1. The summed E-state index contributed by atoms with van der Waals surface area (Å²) in [5, 5.41) is 0.792. The molecule has 2 aromatic rings. The third-order valence-electron chi connectivity index (χ3n) is 6.48. The number of hydrogen-bond acceptors (Lipinski definition) is 3. The minimum atomic E-state index is 0.00815. The molecule has 0 unspecified atom stereocenters. The van der Waals surface area contributed by atoms with E-state index in [1.54, 1.807) is 0 Å². The van der Waals surface area contributed by atoms with Gasteiger partial charge < -0.3 is 9.88 Å². The van der Waals surface area contributed by atoms with E-state index in [0.717, 1.165) is 70.5 Å². The number of hydrogen-bond donors (Lipinski definition) is 1. The lowest BCUT2D eigenvalue weighted by molar-refractivity contribution is 0.305. The molecule has 1 fully saturated rings. The van der Waals surface area contributed by atoms with Crippen LogP contribution in [0, 0.1) is 5.92 Å². The maximum atomic E-state index is 12.5. The number of benzene rings is 1. The average Bonchev–Trinajstić information content (AvgIpc) is 3.32. The molecule has 0 amide bonds. The number of nitrogens with one attached hydrogen (secondary N) is 1. The van der Waals surface area contributed by atoms with Crippen LogP contribution in [-0.2, 0) is 6.42 Å². The van der Waals surface area contributed by atoms with E-state index in [1.807, 2.05) is 30.8 Å². The van der Waals surface area contributed by atoms with E-state index in [0.29, 0.717) is 5.92 Å². The monoisotopic (exact) mass is 472 g/mol. The number of aromatic amines is 1. The number of halogens is 1. The van der Waals surface area contributed by atoms with Gasteiger partial charge in [0.2, 0.25) is 0 Å². The second kappa shape index (κ2) is 12.7. The number of pyridine rings is 1. The summed E-state index contributed by atoms with van der Waals surface area (Å²) < 4.78 is 0. The van der Waals surface area contributed by atoms with Crippen molar-refractivity contribution in [3.8, 4) is 0 Å². The van der Waals surface area contributed by atoms with Gasteiger partial charge in [-0.05, 0) is 80.8 Å². The molecule has 1 heterocycles. The molecule has 1 aromatic heterocycles. The molecule has 0 atom stereocenters. The first kappa shape index (κ1) is 25.1. The molecule has 1 aromatic carbocycles. The molecule has 32 heavy (non-hydrogen) atoms. The van der Waals surface area contributed by atoms with Crippen molar-refractivity contribution in [3.05, 3.63) is 68.6 Å². The SMILES string of the molecule is CCc1ccc(/C(=C\C2CCCC2)c2ccc(SCCCN(CC)CC)c(Cl)c2)[nH]c1=O. The highest BCUT2D eigenvalue weighted by molar-refractivity contribution is 7.99. The van der Waals surface area contributed by atoms with Gasteiger partial charge in [0.1, 0.15) is 0 Å². The van der Waals surface area contributed by atoms with Crippen molar-refractivity contribution >= 4 is 28.9 Å². The van der Waals surface area contributed by atoms with Crippen LogP contribution >= 0.6 is 23.4 Å². The predicted octanol–water partition coefficient (Wildman–Crippen LogP) is 7.04. The van der Waals surface area contributed by atoms with Gasteiger partial charge in [-0.2, -0.15) is 0 Å². The van der Waals surface area contributed by atoms with Crippen LogP contribution in [0.4, 0.5) is 0 Å². The van der Waals surface area contributed by atoms with E-state index >= 15 is 0 Å². The van der Waals surface area contributed by atoms with Gasteiger partial charge in [0.25, 0.3) is 5.56 Å². The van der Waals surface area contributed by atoms with E-state index in [-0.39, 0.29) is 5.56 Å². The van der Waals surface area contributed by atoms with Gasteiger partial charge in [-0.25, -0.2) is 0 Å². The van der Waals surface area contributed by atoms with Gasteiger partial charge in [0.05, 0.1) is 5.02 Å². The Balaban J connectivity index is 1.80. The highest BCUT2D eigenvalue weighted by atomic mass is 35.5. The molecule has 0 saturated heterocycles. The molecule has 5 heteroatoms. The standard InChI is InChI=1S/C27H37ClN2OS/c1-4-21-12-14-25(29-27(21)31)23(18-20-10-7-8-11-20)22-13-15-26(24(28)19-22)32-17-9-16-30(5-2)6-3/h12-15,18-20H,4-11,16-17H2,1-3H3,(H,29,31)/b23-18-. The summed E-state index contributed by atoms with van der Waals surface area (Å²) >= 11 is 8.55. The largest absolute Gasteiger partial charge is 0.322 e. The zero-order valence-electron chi connectivity index (χ0n) is 19.8. The van der Waals surface area contributed by atoms with Gasteiger partial charge in [0, 0.05) is 21.7 Å². The first-order chi connectivity index (χ1) is 15.5. The highest BCUT2D eigenvalue weighted by Gasteiger charge is 2.17. The van der Waals surface area contributed by atoms with Crippen molar-refractivity contribution in [3.63, 3.8) is 0 Å². The Labute approximate surface area is 202 Å². The molecule has 1 aliphatic rings. The quantitative estimate of drug-likeness (QED) is 0.281. The van der Waals surface area contributed by atoms with Crippen molar-refractivity contribution in [1.29, 1.82) is 0 Å². The third kappa shape index (κ3) is 6.76. The van der Waals surface area contributed by atoms with Crippen molar-refractivity contribution in [2.45, 2.75) is 64.2 Å². The smallest absolute Gasteiger partial charge is 0.251 e. The maximum absolute atomic E-state index is 12.5. The number of allylic oxidation sites excluding steroid dienone is 1. The molecule has 174 valence electrons. The van der Waals surface area contributed by atoms with Gasteiger partial charge in [-0.15, -0.1) is 11.8 Å². The Bertz CT molecular complexity index is 958. The minimum absolute atomic E-state index is 0.00815. The lowest BCUT2D eigenvalue weighted by atomic mass is 9.95. The first-order valence-electron chi connectivity index (χ1n) is 12.1. The predicted molar refractivity (Wildman–Crippen MR) is 140 cm³/mol. The Morgan fingerprint density at radius 2 is 1.91 bits per heavy atom. The highest BCUT2D eigenvalue weighted by Crippen LogP contribution is 2.35. The molecule has 0 aliphatic heterocycles. The summed E-state index contributed by atoms with van der Waals surface area (Å²) in [5.41, 5.74) is 3.89. The number of aryl methyl sites for hydroxylation is 1. The summed E-state index contributed by atoms with van der Waals surface area (Å²) in [5.74, 6) is 1.62. The van der Waals surface area contributed by atoms with Crippen LogP contribution in [0.5, 0.6) is 0 Å². The summed E-state index contributed by atoms with van der Waals surface area (Å²) in [6.07, 6.45) is 9.25. The van der Waals surface area contributed by atoms with E-state index in [2.05, 4.69) is 48.0 Å². The molecule has 0 radical (unpaired) electrons. The fraction of sp³-hybridized carbons (Fsp3) is 0.519. The van der Waals surface area contributed by atoms with Crippen molar-refractivity contribution in [2.75, 3.05) is 25.4 Å². The minimum Gasteiger partial charge on any atom is -0.322 e. The third-order valence-corrected chi connectivity index (χ3v) is 8.06. The summed E-state index contributed by atoms with van der Waals surface area (Å²) in [6.45, 7) is 9.78. The Kier molecular flexibility index (Phi) is 9.95. The maximum Gasteiger partial charge on any atom is 0.251 e. The van der Waals surface area contributed by atoms with E-state index in [1.165, 1.54) is 25.7 Å². The summed E-state index contributed by atoms with van der Waals surface area (Å²) in [6, 6.07) is 10.4. The zero-order chi connectivity index (χ0) is 22.9. The molecule has 0 spiro atoms. The second-order valence-electron chi connectivity index (χ2n) is 8.58. The molecule has 3 nitrogen and oxygen atoms in total. The van der Waals surface area contributed by atoms with E-state index in [9.17, 15) is 4.79 Å². The van der Waals surface area contributed by atoms with Crippen molar-refractivity contribution in [1.82, 2.24) is 9.88 Å². The average molecular weight is 473 g/mol. The normalized spacial score (nSPS) is 15.1. The van der Waals surface area contributed by atoms with Crippen LogP contribution in [0.25, 0.3) is 5.57 Å². The van der Waals surface area contributed by atoms with Crippen LogP contribution in [-0.4, -0.2) is 35.3 Å².